The molecule has 2 N–H and O–H groups in total. The predicted molar refractivity (Wildman–Crippen MR) is 76.7 cm³/mol. The Labute approximate surface area is 114 Å². The van der Waals surface area contributed by atoms with E-state index in [0.29, 0.717) is 0 Å². The highest BCUT2D eigenvalue weighted by Crippen LogP contribution is 2.16. The molecule has 1 heterocycles. The normalized spacial score (nSPS) is 12.6. The molecule has 2 aromatic rings. The van der Waals surface area contributed by atoms with E-state index in [1.54, 1.807) is 6.20 Å². The van der Waals surface area contributed by atoms with Gasteiger partial charge in [0.05, 0.1) is 11.9 Å². The number of nitrogens with zero attached hydrogens (tertiary/aromatic N) is 3. The van der Waals surface area contributed by atoms with Gasteiger partial charge in [0.2, 0.25) is 0 Å². The summed E-state index contributed by atoms with van der Waals surface area (Å²) >= 11 is 0. The number of aryl methyl sites for hydroxylation is 3. The van der Waals surface area contributed by atoms with E-state index in [9.17, 15) is 0 Å². The van der Waals surface area contributed by atoms with Gasteiger partial charge >= 0.3 is 0 Å². The van der Waals surface area contributed by atoms with Crippen molar-refractivity contribution in [1.82, 2.24) is 15.0 Å². The van der Waals surface area contributed by atoms with E-state index in [2.05, 4.69) is 48.4 Å². The second-order valence-electron chi connectivity index (χ2n) is 5.01. The maximum absolute atomic E-state index is 6.25. The van der Waals surface area contributed by atoms with Crippen LogP contribution in [0.25, 0.3) is 0 Å². The zero-order valence-electron chi connectivity index (χ0n) is 11.7. The van der Waals surface area contributed by atoms with Crippen LogP contribution >= 0.6 is 0 Å². The van der Waals surface area contributed by atoms with E-state index in [-0.39, 0.29) is 6.04 Å². The Hall–Kier alpha value is -1.68. The van der Waals surface area contributed by atoms with Crippen molar-refractivity contribution in [1.29, 1.82) is 0 Å². The zero-order chi connectivity index (χ0) is 13.7. The highest BCUT2D eigenvalue weighted by molar-refractivity contribution is 5.21. The highest BCUT2D eigenvalue weighted by atomic mass is 15.4. The molecule has 0 saturated carbocycles. The van der Waals surface area contributed by atoms with Crippen molar-refractivity contribution in [3.8, 4) is 0 Å². The molecule has 1 unspecified atom stereocenters. The Morgan fingerprint density at radius 3 is 2.68 bits per heavy atom. The lowest BCUT2D eigenvalue weighted by Gasteiger charge is -2.13. The number of aromatic nitrogens is 3. The third-order valence-electron chi connectivity index (χ3n) is 3.33. The second-order valence-corrected chi connectivity index (χ2v) is 5.01. The van der Waals surface area contributed by atoms with E-state index < -0.39 is 0 Å². The lowest BCUT2D eigenvalue weighted by Crippen LogP contribution is -2.17. The van der Waals surface area contributed by atoms with Crippen molar-refractivity contribution in [2.45, 2.75) is 45.7 Å². The van der Waals surface area contributed by atoms with E-state index in [1.165, 1.54) is 11.1 Å². The van der Waals surface area contributed by atoms with E-state index >= 15 is 0 Å². The lowest BCUT2D eigenvalue weighted by atomic mass is 10.0. The monoisotopic (exact) mass is 258 g/mol. The van der Waals surface area contributed by atoms with Crippen LogP contribution < -0.4 is 5.73 Å². The van der Waals surface area contributed by atoms with Crippen molar-refractivity contribution in [3.05, 3.63) is 47.3 Å². The molecule has 0 radical (unpaired) electrons. The van der Waals surface area contributed by atoms with Crippen molar-refractivity contribution < 1.29 is 0 Å². The first-order valence-corrected chi connectivity index (χ1v) is 6.90. The smallest absolute Gasteiger partial charge is 0.0754 e. The average molecular weight is 258 g/mol. The maximum atomic E-state index is 6.25. The van der Waals surface area contributed by atoms with Crippen LogP contribution in [0.2, 0.25) is 0 Å². The van der Waals surface area contributed by atoms with Gasteiger partial charge in [-0.3, -0.25) is 0 Å². The van der Waals surface area contributed by atoms with Gasteiger partial charge in [0.25, 0.3) is 0 Å². The largest absolute Gasteiger partial charge is 0.323 e. The first-order chi connectivity index (χ1) is 9.20. The number of hydrogen-bond acceptors (Lipinski definition) is 3. The molecule has 1 atom stereocenters. The fourth-order valence-electron chi connectivity index (χ4n) is 2.16. The summed E-state index contributed by atoms with van der Waals surface area (Å²) in [7, 11) is 0. The molecule has 19 heavy (non-hydrogen) atoms. The molecule has 0 aliphatic heterocycles. The predicted octanol–water partition coefficient (Wildman–Crippen LogP) is 2.63. The van der Waals surface area contributed by atoms with Crippen LogP contribution in [0, 0.1) is 6.92 Å². The van der Waals surface area contributed by atoms with E-state index in [0.717, 1.165) is 31.5 Å². The van der Waals surface area contributed by atoms with Crippen molar-refractivity contribution in [3.63, 3.8) is 0 Å². The standard InChI is InChI=1S/C15H22N4/c1-3-10-19-15(11-17-18-19)14(16)9-8-13-6-4-12(2)5-7-13/h4-7,11,14H,3,8-10,16H2,1-2H3. The molecule has 0 saturated heterocycles. The van der Waals surface area contributed by atoms with E-state index in [4.69, 9.17) is 5.73 Å². The molecule has 0 bridgehead atoms. The summed E-state index contributed by atoms with van der Waals surface area (Å²) in [5, 5.41) is 8.04. The average Bonchev–Trinajstić information content (AvgIpc) is 2.86. The van der Waals surface area contributed by atoms with Gasteiger partial charge in [0.15, 0.2) is 0 Å². The fraction of sp³-hybridized carbons (Fsp3) is 0.467. The number of hydrogen-bond donors (Lipinski definition) is 1. The molecule has 1 aromatic carbocycles. The third kappa shape index (κ3) is 3.64. The van der Waals surface area contributed by atoms with Crippen molar-refractivity contribution >= 4 is 0 Å². The summed E-state index contributed by atoms with van der Waals surface area (Å²) in [4.78, 5) is 0. The molecule has 4 nitrogen and oxygen atoms in total. The minimum Gasteiger partial charge on any atom is -0.323 e. The van der Waals surface area contributed by atoms with Gasteiger partial charge in [-0.25, -0.2) is 4.68 Å². The second kappa shape index (κ2) is 6.48. The maximum Gasteiger partial charge on any atom is 0.0754 e. The van der Waals surface area contributed by atoms with Crippen LogP contribution in [0.3, 0.4) is 0 Å². The third-order valence-corrected chi connectivity index (χ3v) is 3.33. The van der Waals surface area contributed by atoms with Gasteiger partial charge in [0, 0.05) is 12.6 Å². The number of rotatable bonds is 6. The van der Waals surface area contributed by atoms with Crippen LogP contribution in [-0.2, 0) is 13.0 Å². The summed E-state index contributed by atoms with van der Waals surface area (Å²) < 4.78 is 1.92. The molecule has 0 aliphatic rings. The van der Waals surface area contributed by atoms with Gasteiger partial charge < -0.3 is 5.73 Å². The first-order valence-electron chi connectivity index (χ1n) is 6.90. The zero-order valence-corrected chi connectivity index (χ0v) is 11.7. The van der Waals surface area contributed by atoms with Gasteiger partial charge in [-0.05, 0) is 31.7 Å². The van der Waals surface area contributed by atoms with Crippen LogP contribution in [0.1, 0.15) is 42.6 Å². The van der Waals surface area contributed by atoms with Gasteiger partial charge in [-0.1, -0.05) is 42.0 Å². The van der Waals surface area contributed by atoms with Gasteiger partial charge in [0.1, 0.15) is 0 Å². The molecular weight excluding hydrogens is 236 g/mol. The highest BCUT2D eigenvalue weighted by Gasteiger charge is 2.12. The van der Waals surface area contributed by atoms with Gasteiger partial charge in [-0.15, -0.1) is 5.10 Å². The Balaban J connectivity index is 1.95. The fourth-order valence-corrected chi connectivity index (χ4v) is 2.16. The molecular formula is C15H22N4. The lowest BCUT2D eigenvalue weighted by molar-refractivity contribution is 0.513. The topological polar surface area (TPSA) is 56.7 Å². The van der Waals surface area contributed by atoms with Crippen molar-refractivity contribution in [2.75, 3.05) is 0 Å². The molecule has 0 fully saturated rings. The first kappa shape index (κ1) is 13.7. The number of benzene rings is 1. The summed E-state index contributed by atoms with van der Waals surface area (Å²) in [6, 6.07) is 8.63. The Kier molecular flexibility index (Phi) is 4.68. The summed E-state index contributed by atoms with van der Waals surface area (Å²) in [6.07, 6.45) is 4.73. The molecule has 102 valence electrons. The van der Waals surface area contributed by atoms with Crippen molar-refractivity contribution in [2.24, 2.45) is 5.73 Å². The summed E-state index contributed by atoms with van der Waals surface area (Å²) in [6.45, 7) is 5.11. The Bertz CT molecular complexity index is 501. The summed E-state index contributed by atoms with van der Waals surface area (Å²) in [5.74, 6) is 0. The number of nitrogens with two attached hydrogens (primary N) is 1. The van der Waals surface area contributed by atoms with Crippen LogP contribution in [0.5, 0.6) is 0 Å². The van der Waals surface area contributed by atoms with Crippen LogP contribution in [0.15, 0.2) is 30.5 Å². The minimum atomic E-state index is 0.00264. The SMILES string of the molecule is CCCn1nncc1C(N)CCc1ccc(C)cc1. The molecule has 0 spiro atoms. The van der Waals surface area contributed by atoms with Gasteiger partial charge in [-0.2, -0.15) is 0 Å². The van der Waals surface area contributed by atoms with Crippen LogP contribution in [0.4, 0.5) is 0 Å². The van der Waals surface area contributed by atoms with E-state index in [1.807, 2.05) is 4.68 Å². The Morgan fingerprint density at radius 1 is 1.26 bits per heavy atom. The summed E-state index contributed by atoms with van der Waals surface area (Å²) in [5.41, 5.74) is 9.90. The Morgan fingerprint density at radius 2 is 2.00 bits per heavy atom. The molecule has 0 aliphatic carbocycles. The molecule has 0 amide bonds. The molecule has 4 heteroatoms. The minimum absolute atomic E-state index is 0.00264. The molecule has 2 rings (SSSR count). The quantitative estimate of drug-likeness (QED) is 0.866. The molecule has 1 aromatic heterocycles. The van der Waals surface area contributed by atoms with Crippen LogP contribution in [-0.4, -0.2) is 15.0 Å².